The summed E-state index contributed by atoms with van der Waals surface area (Å²) in [4.78, 5) is 1.38. The molecule has 3 rings (SSSR count). The number of nitrogens with zero attached hydrogens (tertiary/aromatic N) is 4. The summed E-state index contributed by atoms with van der Waals surface area (Å²) in [7, 11) is 0. The molecule has 1 aromatic heterocycles. The second-order valence-electron chi connectivity index (χ2n) is 4.70. The van der Waals surface area contributed by atoms with Gasteiger partial charge in [0, 0.05) is 5.56 Å². The number of alkyl halides is 3. The van der Waals surface area contributed by atoms with Crippen molar-refractivity contribution in [1.82, 2.24) is 20.2 Å². The number of benzene rings is 2. The first-order chi connectivity index (χ1) is 11.0. The predicted molar refractivity (Wildman–Crippen MR) is 75.5 cm³/mol. The molecule has 23 heavy (non-hydrogen) atoms. The molecule has 5 nitrogen and oxygen atoms in total. The SMILES string of the molecule is FC(F)(F)Oc1ccc(Cn2nnc(-c3ccccc3)n2)cc1. The normalized spacial score (nSPS) is 11.4. The zero-order valence-corrected chi connectivity index (χ0v) is 11.7. The van der Waals surface area contributed by atoms with Gasteiger partial charge < -0.3 is 4.74 Å². The molecule has 0 spiro atoms. The lowest BCUT2D eigenvalue weighted by Gasteiger charge is -2.08. The summed E-state index contributed by atoms with van der Waals surface area (Å²) in [6, 6.07) is 14.9. The molecule has 0 atom stereocenters. The molecule has 8 heteroatoms. The van der Waals surface area contributed by atoms with E-state index in [0.29, 0.717) is 12.4 Å². The van der Waals surface area contributed by atoms with E-state index in [1.807, 2.05) is 30.3 Å². The maximum absolute atomic E-state index is 12.1. The van der Waals surface area contributed by atoms with Crippen LogP contribution in [-0.2, 0) is 6.54 Å². The Morgan fingerprint density at radius 2 is 1.65 bits per heavy atom. The van der Waals surface area contributed by atoms with Crippen LogP contribution in [-0.4, -0.2) is 26.6 Å². The highest BCUT2D eigenvalue weighted by Crippen LogP contribution is 2.22. The molecule has 0 N–H and O–H groups in total. The fourth-order valence-corrected chi connectivity index (χ4v) is 1.97. The van der Waals surface area contributed by atoms with Gasteiger partial charge in [0.1, 0.15) is 5.75 Å². The summed E-state index contributed by atoms with van der Waals surface area (Å²) >= 11 is 0. The summed E-state index contributed by atoms with van der Waals surface area (Å²) in [5, 5.41) is 12.1. The van der Waals surface area contributed by atoms with Gasteiger partial charge in [0.2, 0.25) is 5.82 Å². The van der Waals surface area contributed by atoms with Gasteiger partial charge in [-0.1, -0.05) is 42.5 Å². The second kappa shape index (κ2) is 6.07. The minimum atomic E-state index is -4.69. The van der Waals surface area contributed by atoms with Crippen molar-refractivity contribution in [3.63, 3.8) is 0 Å². The highest BCUT2D eigenvalue weighted by Gasteiger charge is 2.30. The van der Waals surface area contributed by atoms with Gasteiger partial charge in [0.25, 0.3) is 0 Å². The summed E-state index contributed by atoms with van der Waals surface area (Å²) < 4.78 is 40.1. The van der Waals surface area contributed by atoms with E-state index in [1.165, 1.54) is 29.1 Å². The van der Waals surface area contributed by atoms with E-state index in [1.54, 1.807) is 0 Å². The molecule has 0 bridgehead atoms. The molecule has 0 saturated heterocycles. The molecule has 0 saturated carbocycles. The van der Waals surface area contributed by atoms with E-state index in [0.717, 1.165) is 11.1 Å². The van der Waals surface area contributed by atoms with E-state index in [-0.39, 0.29) is 5.75 Å². The van der Waals surface area contributed by atoms with Gasteiger partial charge in [-0.15, -0.1) is 23.4 Å². The maximum Gasteiger partial charge on any atom is 0.573 e. The number of tetrazole rings is 1. The van der Waals surface area contributed by atoms with Gasteiger partial charge in [-0.25, -0.2) is 0 Å². The minimum Gasteiger partial charge on any atom is -0.406 e. The monoisotopic (exact) mass is 320 g/mol. The first kappa shape index (κ1) is 15.0. The average Bonchev–Trinajstić information content (AvgIpc) is 2.97. The summed E-state index contributed by atoms with van der Waals surface area (Å²) in [5.74, 6) is 0.223. The Balaban J connectivity index is 1.69. The Labute approximate surface area is 129 Å². The third-order valence-corrected chi connectivity index (χ3v) is 2.97. The van der Waals surface area contributed by atoms with Gasteiger partial charge in [-0.3, -0.25) is 0 Å². The Hall–Kier alpha value is -2.90. The molecule has 1 heterocycles. The zero-order valence-electron chi connectivity index (χ0n) is 11.7. The predicted octanol–water partition coefficient (Wildman–Crippen LogP) is 3.29. The lowest BCUT2D eigenvalue weighted by atomic mass is 10.2. The second-order valence-corrected chi connectivity index (χ2v) is 4.70. The van der Waals surface area contributed by atoms with Gasteiger partial charge >= 0.3 is 6.36 Å². The number of rotatable bonds is 4. The van der Waals surface area contributed by atoms with Crippen LogP contribution in [0.4, 0.5) is 13.2 Å². The molecular weight excluding hydrogens is 309 g/mol. The van der Waals surface area contributed by atoms with Crippen LogP contribution < -0.4 is 4.74 Å². The first-order valence-electron chi connectivity index (χ1n) is 6.67. The van der Waals surface area contributed by atoms with E-state index in [4.69, 9.17) is 0 Å². The molecule has 0 radical (unpaired) electrons. The van der Waals surface area contributed by atoms with Crippen molar-refractivity contribution in [2.24, 2.45) is 0 Å². The van der Waals surface area contributed by atoms with Crippen molar-refractivity contribution in [3.05, 3.63) is 60.2 Å². The summed E-state index contributed by atoms with van der Waals surface area (Å²) in [6.45, 7) is 0.298. The molecule has 3 aromatic rings. The molecule has 0 amide bonds. The first-order valence-corrected chi connectivity index (χ1v) is 6.67. The van der Waals surface area contributed by atoms with Crippen LogP contribution in [0.25, 0.3) is 11.4 Å². The van der Waals surface area contributed by atoms with E-state index >= 15 is 0 Å². The van der Waals surface area contributed by atoms with Gasteiger partial charge in [0.15, 0.2) is 0 Å². The minimum absolute atomic E-state index is 0.266. The fourth-order valence-electron chi connectivity index (χ4n) is 1.97. The largest absolute Gasteiger partial charge is 0.573 e. The van der Waals surface area contributed by atoms with Crippen LogP contribution >= 0.6 is 0 Å². The number of hydrogen-bond donors (Lipinski definition) is 0. The number of halogens is 3. The molecule has 0 fully saturated rings. The van der Waals surface area contributed by atoms with Crippen LogP contribution in [0.3, 0.4) is 0 Å². The van der Waals surface area contributed by atoms with Crippen molar-refractivity contribution in [1.29, 1.82) is 0 Å². The molecule has 0 aliphatic heterocycles. The lowest BCUT2D eigenvalue weighted by molar-refractivity contribution is -0.274. The average molecular weight is 320 g/mol. The van der Waals surface area contributed by atoms with Crippen molar-refractivity contribution >= 4 is 0 Å². The van der Waals surface area contributed by atoms with E-state index in [9.17, 15) is 13.2 Å². The lowest BCUT2D eigenvalue weighted by Crippen LogP contribution is -2.17. The quantitative estimate of drug-likeness (QED) is 0.740. The third kappa shape index (κ3) is 4.06. The zero-order chi connectivity index (χ0) is 16.3. The summed E-state index contributed by atoms with van der Waals surface area (Å²) in [5.41, 5.74) is 1.57. The Bertz CT molecular complexity index is 769. The van der Waals surface area contributed by atoms with E-state index < -0.39 is 6.36 Å². The molecule has 118 valence electrons. The summed E-state index contributed by atoms with van der Waals surface area (Å²) in [6.07, 6.45) is -4.69. The number of aromatic nitrogens is 4. The van der Waals surface area contributed by atoms with Crippen LogP contribution in [0.1, 0.15) is 5.56 Å². The third-order valence-electron chi connectivity index (χ3n) is 2.97. The number of hydrogen-bond acceptors (Lipinski definition) is 4. The molecule has 2 aromatic carbocycles. The van der Waals surface area contributed by atoms with Gasteiger partial charge in [-0.2, -0.15) is 4.80 Å². The molecule has 0 unspecified atom stereocenters. The highest BCUT2D eigenvalue weighted by molar-refractivity contribution is 5.52. The molecule has 0 aliphatic carbocycles. The van der Waals surface area contributed by atoms with Gasteiger partial charge in [-0.05, 0) is 22.9 Å². The van der Waals surface area contributed by atoms with Crippen LogP contribution in [0.5, 0.6) is 5.75 Å². The van der Waals surface area contributed by atoms with Crippen molar-refractivity contribution < 1.29 is 17.9 Å². The topological polar surface area (TPSA) is 52.8 Å². The Morgan fingerprint density at radius 1 is 0.957 bits per heavy atom. The number of ether oxygens (including phenoxy) is 1. The van der Waals surface area contributed by atoms with Crippen molar-refractivity contribution in [3.8, 4) is 17.1 Å². The smallest absolute Gasteiger partial charge is 0.406 e. The highest BCUT2D eigenvalue weighted by atomic mass is 19.4. The van der Waals surface area contributed by atoms with Crippen molar-refractivity contribution in [2.45, 2.75) is 12.9 Å². The maximum atomic E-state index is 12.1. The Morgan fingerprint density at radius 3 is 2.30 bits per heavy atom. The van der Waals surface area contributed by atoms with E-state index in [2.05, 4.69) is 20.1 Å². The Kier molecular flexibility index (Phi) is 3.96. The van der Waals surface area contributed by atoms with Crippen molar-refractivity contribution in [2.75, 3.05) is 0 Å². The van der Waals surface area contributed by atoms with Gasteiger partial charge in [0.05, 0.1) is 6.54 Å². The molecular formula is C15H11F3N4O. The fraction of sp³-hybridized carbons (Fsp3) is 0.133. The van der Waals surface area contributed by atoms with Crippen LogP contribution in [0.2, 0.25) is 0 Å². The van der Waals surface area contributed by atoms with Crippen LogP contribution in [0, 0.1) is 0 Å². The standard InChI is InChI=1S/C15H11F3N4O/c16-15(17,18)23-13-8-6-11(7-9-13)10-22-20-14(19-21-22)12-4-2-1-3-5-12/h1-9H,10H2. The molecule has 0 aliphatic rings. The van der Waals surface area contributed by atoms with Crippen LogP contribution in [0.15, 0.2) is 54.6 Å².